The molecule has 24 heavy (non-hydrogen) atoms. The van der Waals surface area contributed by atoms with E-state index >= 15 is 0 Å². The first kappa shape index (κ1) is 17.0. The van der Waals surface area contributed by atoms with Gasteiger partial charge < -0.3 is 10.2 Å². The van der Waals surface area contributed by atoms with E-state index in [9.17, 15) is 9.59 Å². The Morgan fingerprint density at radius 2 is 1.92 bits per heavy atom. The molecule has 0 spiro atoms. The Bertz CT molecular complexity index is 579. The van der Waals surface area contributed by atoms with Crippen LogP contribution in [0.5, 0.6) is 0 Å². The smallest absolute Gasteiger partial charge is 0.244 e. The van der Waals surface area contributed by atoms with E-state index in [2.05, 4.69) is 22.2 Å². The Morgan fingerprint density at radius 1 is 1.17 bits per heavy atom. The Hall–Kier alpha value is -1.89. The number of nitrogens with one attached hydrogen (secondary N) is 1. The van der Waals surface area contributed by atoms with Crippen molar-refractivity contribution in [2.24, 2.45) is 0 Å². The van der Waals surface area contributed by atoms with Crippen LogP contribution in [0, 0.1) is 0 Å². The normalized spacial score (nSPS) is 21.9. The molecule has 132 valence electrons. The van der Waals surface area contributed by atoms with Gasteiger partial charge in [0.25, 0.3) is 0 Å². The van der Waals surface area contributed by atoms with Crippen molar-refractivity contribution in [2.75, 3.05) is 31.5 Å². The van der Waals surface area contributed by atoms with Crippen LogP contribution in [-0.4, -0.2) is 63.6 Å². The van der Waals surface area contributed by atoms with E-state index in [0.717, 1.165) is 45.3 Å². The van der Waals surface area contributed by atoms with Gasteiger partial charge in [-0.2, -0.15) is 5.10 Å². The number of amides is 2. The van der Waals surface area contributed by atoms with E-state index in [4.69, 9.17) is 0 Å². The van der Waals surface area contributed by atoms with E-state index in [0.29, 0.717) is 18.3 Å². The van der Waals surface area contributed by atoms with Gasteiger partial charge in [0.15, 0.2) is 0 Å². The van der Waals surface area contributed by atoms with E-state index in [1.54, 1.807) is 17.1 Å². The molecule has 2 saturated heterocycles. The van der Waals surface area contributed by atoms with Crippen molar-refractivity contribution < 1.29 is 9.59 Å². The van der Waals surface area contributed by atoms with Gasteiger partial charge in [0.2, 0.25) is 11.8 Å². The molecule has 1 aromatic rings. The first-order chi connectivity index (χ1) is 11.6. The molecule has 2 amide bonds. The number of nitrogens with zero attached hydrogens (tertiary/aromatic N) is 4. The van der Waals surface area contributed by atoms with Gasteiger partial charge in [-0.1, -0.05) is 6.42 Å². The highest BCUT2D eigenvalue weighted by Crippen LogP contribution is 2.16. The lowest BCUT2D eigenvalue weighted by Crippen LogP contribution is -2.42. The second-order valence-electron chi connectivity index (χ2n) is 6.88. The average molecular weight is 333 g/mol. The zero-order valence-corrected chi connectivity index (χ0v) is 14.4. The second kappa shape index (κ2) is 7.79. The fourth-order valence-corrected chi connectivity index (χ4v) is 3.50. The summed E-state index contributed by atoms with van der Waals surface area (Å²) in [6.07, 6.45) is 9.07. The minimum absolute atomic E-state index is 0.0193. The van der Waals surface area contributed by atoms with Crippen molar-refractivity contribution in [2.45, 2.75) is 51.6 Å². The summed E-state index contributed by atoms with van der Waals surface area (Å²) in [4.78, 5) is 28.4. The van der Waals surface area contributed by atoms with Crippen LogP contribution in [-0.2, 0) is 16.1 Å². The number of likely N-dealkylation sites (tertiary alicyclic amines) is 2. The lowest BCUT2D eigenvalue weighted by Gasteiger charge is -2.32. The number of piperidine rings is 1. The number of rotatable bonds is 5. The molecule has 0 radical (unpaired) electrons. The summed E-state index contributed by atoms with van der Waals surface area (Å²) in [6.45, 7) is 5.50. The van der Waals surface area contributed by atoms with Gasteiger partial charge in [-0.15, -0.1) is 0 Å². The van der Waals surface area contributed by atoms with Crippen LogP contribution in [0.4, 0.5) is 5.69 Å². The molecule has 2 aliphatic heterocycles. The highest BCUT2D eigenvalue weighted by atomic mass is 16.2. The number of hydrogen-bond donors (Lipinski definition) is 1. The van der Waals surface area contributed by atoms with E-state index in [1.807, 2.05) is 4.90 Å². The van der Waals surface area contributed by atoms with Crippen molar-refractivity contribution in [1.29, 1.82) is 0 Å². The first-order valence-corrected chi connectivity index (χ1v) is 8.96. The fraction of sp³-hybridized carbons (Fsp3) is 0.706. The maximum atomic E-state index is 12.2. The van der Waals surface area contributed by atoms with E-state index in [-0.39, 0.29) is 18.4 Å². The number of anilines is 1. The lowest BCUT2D eigenvalue weighted by atomic mass is 10.0. The number of aromatic nitrogens is 2. The zero-order chi connectivity index (χ0) is 16.9. The quantitative estimate of drug-likeness (QED) is 0.882. The summed E-state index contributed by atoms with van der Waals surface area (Å²) in [5.74, 6) is 0.0739. The van der Waals surface area contributed by atoms with Gasteiger partial charge in [0.1, 0.15) is 6.54 Å². The van der Waals surface area contributed by atoms with Crippen molar-refractivity contribution in [3.8, 4) is 0 Å². The molecule has 1 aromatic heterocycles. The zero-order valence-electron chi connectivity index (χ0n) is 14.4. The summed E-state index contributed by atoms with van der Waals surface area (Å²) in [5.41, 5.74) is 0.652. The van der Waals surface area contributed by atoms with Crippen molar-refractivity contribution >= 4 is 17.5 Å². The molecule has 0 saturated carbocycles. The van der Waals surface area contributed by atoms with Crippen LogP contribution >= 0.6 is 0 Å². The third-order valence-electron chi connectivity index (χ3n) is 4.96. The highest BCUT2D eigenvalue weighted by molar-refractivity contribution is 5.92. The molecular formula is C17H27N5O2. The van der Waals surface area contributed by atoms with Gasteiger partial charge in [-0.25, -0.2) is 0 Å². The molecular weight excluding hydrogens is 306 g/mol. The maximum absolute atomic E-state index is 12.2. The van der Waals surface area contributed by atoms with Crippen LogP contribution in [0.25, 0.3) is 0 Å². The van der Waals surface area contributed by atoms with Crippen molar-refractivity contribution in [1.82, 2.24) is 19.6 Å². The third-order valence-corrected chi connectivity index (χ3v) is 4.96. The minimum atomic E-state index is -0.0193. The first-order valence-electron chi connectivity index (χ1n) is 8.96. The Kier molecular flexibility index (Phi) is 5.50. The molecule has 3 rings (SSSR count). The minimum Gasteiger partial charge on any atom is -0.341 e. The number of carbonyl (C=O) groups excluding carboxylic acids is 2. The van der Waals surface area contributed by atoms with E-state index < -0.39 is 0 Å². The SMILES string of the molecule is C[C@H]1CCCCN1CC(=O)Nc1cnn(CC(=O)N2CCCC2)c1. The molecule has 2 fully saturated rings. The van der Waals surface area contributed by atoms with Crippen molar-refractivity contribution in [3.05, 3.63) is 12.4 Å². The molecule has 0 aromatic carbocycles. The molecule has 7 nitrogen and oxygen atoms in total. The van der Waals surface area contributed by atoms with Gasteiger partial charge in [0, 0.05) is 25.3 Å². The molecule has 0 bridgehead atoms. The summed E-state index contributed by atoms with van der Waals surface area (Å²) < 4.78 is 1.60. The van der Waals surface area contributed by atoms with Gasteiger partial charge in [0.05, 0.1) is 18.4 Å². The molecule has 0 unspecified atom stereocenters. The standard InChI is InChI=1S/C17H27N5O2/c1-14-6-2-3-9-21(14)12-16(23)19-15-10-18-22(11-15)13-17(24)20-7-4-5-8-20/h10-11,14H,2-9,12-13H2,1H3,(H,19,23)/t14-/m0/s1. The second-order valence-corrected chi connectivity index (χ2v) is 6.88. The summed E-state index contributed by atoms with van der Waals surface area (Å²) in [6, 6.07) is 0.463. The predicted octanol–water partition coefficient (Wildman–Crippen LogP) is 1.32. The Morgan fingerprint density at radius 3 is 2.67 bits per heavy atom. The number of carbonyl (C=O) groups is 2. The molecule has 7 heteroatoms. The lowest BCUT2D eigenvalue weighted by molar-refractivity contribution is -0.130. The summed E-state index contributed by atoms with van der Waals surface area (Å²) >= 11 is 0. The molecule has 1 atom stereocenters. The van der Waals surface area contributed by atoms with Crippen LogP contribution in [0.15, 0.2) is 12.4 Å². The van der Waals surface area contributed by atoms with Crippen LogP contribution in [0.1, 0.15) is 39.0 Å². The van der Waals surface area contributed by atoms with Gasteiger partial charge in [-0.05, 0) is 39.2 Å². The Labute approximate surface area is 143 Å². The van der Waals surface area contributed by atoms with Gasteiger partial charge in [-0.3, -0.25) is 19.2 Å². The third kappa shape index (κ3) is 4.35. The van der Waals surface area contributed by atoms with Crippen LogP contribution in [0.3, 0.4) is 0 Å². The highest BCUT2D eigenvalue weighted by Gasteiger charge is 2.21. The monoisotopic (exact) mass is 333 g/mol. The summed E-state index contributed by atoms with van der Waals surface area (Å²) in [5, 5.41) is 7.07. The number of hydrogen-bond acceptors (Lipinski definition) is 4. The fourth-order valence-electron chi connectivity index (χ4n) is 3.50. The van der Waals surface area contributed by atoms with Crippen molar-refractivity contribution in [3.63, 3.8) is 0 Å². The maximum Gasteiger partial charge on any atom is 0.244 e. The average Bonchev–Trinajstić information content (AvgIpc) is 3.21. The topological polar surface area (TPSA) is 70.5 Å². The largest absolute Gasteiger partial charge is 0.341 e. The molecule has 2 aliphatic rings. The van der Waals surface area contributed by atoms with E-state index in [1.165, 1.54) is 6.42 Å². The molecule has 0 aliphatic carbocycles. The molecule has 3 heterocycles. The van der Waals surface area contributed by atoms with Gasteiger partial charge >= 0.3 is 0 Å². The predicted molar refractivity (Wildman–Crippen MR) is 91.6 cm³/mol. The summed E-state index contributed by atoms with van der Waals surface area (Å²) in [7, 11) is 0. The Balaban J connectivity index is 1.48. The molecule has 1 N–H and O–H groups in total. The van der Waals surface area contributed by atoms with Crippen LogP contribution < -0.4 is 5.32 Å². The van der Waals surface area contributed by atoms with Crippen LogP contribution in [0.2, 0.25) is 0 Å².